The Hall–Kier alpha value is -0.100. The van der Waals surface area contributed by atoms with Gasteiger partial charge in [-0.25, -0.2) is 0 Å². The number of anilines is 1. The van der Waals surface area contributed by atoms with Crippen LogP contribution in [-0.2, 0) is 9.47 Å². The van der Waals surface area contributed by atoms with E-state index in [9.17, 15) is 0 Å². The fourth-order valence-electron chi connectivity index (χ4n) is 2.84. The number of hydrogen-bond acceptors (Lipinski definition) is 3. The summed E-state index contributed by atoms with van der Waals surface area (Å²) < 4.78 is 13.7. The van der Waals surface area contributed by atoms with Gasteiger partial charge in [-0.2, -0.15) is 0 Å². The number of nitrogens with one attached hydrogen (secondary N) is 1. The maximum absolute atomic E-state index is 5.96. The number of hydrogen-bond donors (Lipinski definition) is 1. The van der Waals surface area contributed by atoms with E-state index in [1.807, 2.05) is 6.07 Å². The highest BCUT2D eigenvalue weighted by Crippen LogP contribution is 2.35. The molecule has 0 amide bonds. The summed E-state index contributed by atoms with van der Waals surface area (Å²) in [6, 6.07) is 6.64. The molecular formula is C14H17Br2NO2. The fraction of sp³-hybridized carbons (Fsp3) is 0.571. The summed E-state index contributed by atoms with van der Waals surface area (Å²) in [5, 5.41) is 3.63. The predicted molar refractivity (Wildman–Crippen MR) is 82.6 cm³/mol. The summed E-state index contributed by atoms with van der Waals surface area (Å²) in [4.78, 5) is 0. The Morgan fingerprint density at radius 3 is 2.95 bits per heavy atom. The molecule has 0 bridgehead atoms. The van der Waals surface area contributed by atoms with E-state index in [1.54, 1.807) is 0 Å². The van der Waals surface area contributed by atoms with Crippen LogP contribution >= 0.6 is 31.9 Å². The van der Waals surface area contributed by atoms with Crippen LogP contribution in [0.3, 0.4) is 0 Å². The zero-order valence-electron chi connectivity index (χ0n) is 10.6. The monoisotopic (exact) mass is 389 g/mol. The Kier molecular flexibility index (Phi) is 4.17. The third kappa shape index (κ3) is 3.15. The smallest absolute Gasteiger partial charge is 0.0956 e. The Morgan fingerprint density at radius 2 is 2.16 bits per heavy atom. The highest BCUT2D eigenvalue weighted by atomic mass is 79.9. The van der Waals surface area contributed by atoms with E-state index in [0.29, 0.717) is 6.04 Å². The van der Waals surface area contributed by atoms with Gasteiger partial charge in [0, 0.05) is 40.3 Å². The second-order valence-electron chi connectivity index (χ2n) is 5.29. The lowest BCUT2D eigenvalue weighted by molar-refractivity contribution is -0.0828. The van der Waals surface area contributed by atoms with E-state index >= 15 is 0 Å². The van der Waals surface area contributed by atoms with Crippen LogP contribution in [0.15, 0.2) is 27.1 Å². The van der Waals surface area contributed by atoms with Crippen LogP contribution in [-0.4, -0.2) is 31.5 Å². The first-order valence-corrected chi connectivity index (χ1v) is 8.19. The molecule has 2 atom stereocenters. The normalized spacial score (nSPS) is 30.7. The van der Waals surface area contributed by atoms with Crippen molar-refractivity contribution in [1.82, 2.24) is 0 Å². The number of rotatable bonds is 2. The van der Waals surface area contributed by atoms with Crippen LogP contribution in [0.25, 0.3) is 0 Å². The molecule has 5 heteroatoms. The molecule has 2 fully saturated rings. The average Bonchev–Trinajstić information content (AvgIpc) is 2.82. The van der Waals surface area contributed by atoms with Gasteiger partial charge < -0.3 is 14.8 Å². The number of benzene rings is 1. The first-order valence-electron chi connectivity index (χ1n) is 6.60. The molecule has 0 saturated carbocycles. The van der Waals surface area contributed by atoms with Crippen molar-refractivity contribution in [3.05, 3.63) is 27.1 Å². The van der Waals surface area contributed by atoms with Gasteiger partial charge in [-0.05, 0) is 47.0 Å². The first-order chi connectivity index (χ1) is 9.17. The summed E-state index contributed by atoms with van der Waals surface area (Å²) in [5.74, 6) is 0. The second-order valence-corrected chi connectivity index (χ2v) is 7.06. The van der Waals surface area contributed by atoms with Crippen LogP contribution in [0.1, 0.15) is 19.3 Å². The van der Waals surface area contributed by atoms with Gasteiger partial charge in [0.1, 0.15) is 0 Å². The Labute approximate surface area is 130 Å². The molecule has 1 N–H and O–H groups in total. The molecule has 104 valence electrons. The highest BCUT2D eigenvalue weighted by molar-refractivity contribution is 9.11. The van der Waals surface area contributed by atoms with Gasteiger partial charge in [0.15, 0.2) is 0 Å². The van der Waals surface area contributed by atoms with Crippen molar-refractivity contribution in [2.75, 3.05) is 25.1 Å². The minimum atomic E-state index is -0.0472. The van der Waals surface area contributed by atoms with Crippen LogP contribution in [0.2, 0.25) is 0 Å². The molecular weight excluding hydrogens is 374 g/mol. The zero-order valence-corrected chi connectivity index (χ0v) is 13.8. The molecule has 19 heavy (non-hydrogen) atoms. The Bertz CT molecular complexity index is 461. The Morgan fingerprint density at radius 1 is 1.26 bits per heavy atom. The quantitative estimate of drug-likeness (QED) is 0.828. The second kappa shape index (κ2) is 5.72. The summed E-state index contributed by atoms with van der Waals surface area (Å²) in [5.41, 5.74) is 1.09. The minimum Gasteiger partial charge on any atom is -0.381 e. The van der Waals surface area contributed by atoms with Crippen LogP contribution < -0.4 is 5.32 Å². The van der Waals surface area contributed by atoms with Crippen molar-refractivity contribution in [2.45, 2.75) is 30.9 Å². The SMILES string of the molecule is Brc1ccc(Br)c(NC2CCOC3(CCOC3)C2)c1. The van der Waals surface area contributed by atoms with E-state index < -0.39 is 0 Å². The van der Waals surface area contributed by atoms with Crippen molar-refractivity contribution in [1.29, 1.82) is 0 Å². The van der Waals surface area contributed by atoms with Crippen molar-refractivity contribution < 1.29 is 9.47 Å². The predicted octanol–water partition coefficient (Wildman–Crippen LogP) is 3.96. The van der Waals surface area contributed by atoms with Gasteiger partial charge >= 0.3 is 0 Å². The lowest BCUT2D eigenvalue weighted by atomic mass is 9.89. The highest BCUT2D eigenvalue weighted by Gasteiger charge is 2.41. The molecule has 0 aromatic heterocycles. The zero-order chi connectivity index (χ0) is 13.3. The molecule has 1 spiro atoms. The van der Waals surface area contributed by atoms with Crippen molar-refractivity contribution in [2.24, 2.45) is 0 Å². The molecule has 2 unspecified atom stereocenters. The van der Waals surface area contributed by atoms with Gasteiger partial charge in [-0.3, -0.25) is 0 Å². The van der Waals surface area contributed by atoms with E-state index in [1.165, 1.54) is 0 Å². The van der Waals surface area contributed by atoms with Crippen molar-refractivity contribution in [3.8, 4) is 0 Å². The molecule has 3 nitrogen and oxygen atoms in total. The molecule has 2 aliphatic heterocycles. The van der Waals surface area contributed by atoms with E-state index in [2.05, 4.69) is 49.3 Å². The first kappa shape index (κ1) is 13.9. The van der Waals surface area contributed by atoms with Crippen LogP contribution in [0, 0.1) is 0 Å². The standard InChI is InChI=1S/C14H17Br2NO2/c15-10-1-2-12(16)13(7-10)17-11-3-5-19-14(8-11)4-6-18-9-14/h1-2,7,11,17H,3-6,8-9H2. The lowest BCUT2D eigenvalue weighted by Crippen LogP contribution is -2.44. The number of halogens is 2. The van der Waals surface area contributed by atoms with E-state index in [4.69, 9.17) is 9.47 Å². The molecule has 2 saturated heterocycles. The van der Waals surface area contributed by atoms with Crippen LogP contribution in [0.5, 0.6) is 0 Å². The maximum Gasteiger partial charge on any atom is 0.0956 e. The largest absolute Gasteiger partial charge is 0.381 e. The summed E-state index contributed by atoms with van der Waals surface area (Å²) >= 11 is 7.11. The molecule has 1 aromatic carbocycles. The average molecular weight is 391 g/mol. The fourth-order valence-corrected chi connectivity index (χ4v) is 3.56. The summed E-state index contributed by atoms with van der Waals surface area (Å²) in [7, 11) is 0. The molecule has 3 rings (SSSR count). The number of ether oxygens (including phenoxy) is 2. The van der Waals surface area contributed by atoms with Crippen molar-refractivity contribution in [3.63, 3.8) is 0 Å². The van der Waals surface area contributed by atoms with E-state index in [0.717, 1.165) is 53.7 Å². The molecule has 0 radical (unpaired) electrons. The maximum atomic E-state index is 5.96. The summed E-state index contributed by atoms with van der Waals surface area (Å²) in [6.45, 7) is 2.38. The summed E-state index contributed by atoms with van der Waals surface area (Å²) in [6.07, 6.45) is 3.08. The lowest BCUT2D eigenvalue weighted by Gasteiger charge is -2.37. The van der Waals surface area contributed by atoms with Crippen LogP contribution in [0.4, 0.5) is 5.69 Å². The van der Waals surface area contributed by atoms with Gasteiger partial charge in [0.2, 0.25) is 0 Å². The minimum absolute atomic E-state index is 0.0472. The molecule has 2 aliphatic rings. The molecule has 0 aliphatic carbocycles. The van der Waals surface area contributed by atoms with Gasteiger partial charge in [-0.15, -0.1) is 0 Å². The topological polar surface area (TPSA) is 30.5 Å². The van der Waals surface area contributed by atoms with Gasteiger partial charge in [-0.1, -0.05) is 15.9 Å². The van der Waals surface area contributed by atoms with Crippen molar-refractivity contribution >= 4 is 37.5 Å². The Balaban J connectivity index is 1.70. The van der Waals surface area contributed by atoms with E-state index in [-0.39, 0.29) is 5.60 Å². The van der Waals surface area contributed by atoms with Gasteiger partial charge in [0.25, 0.3) is 0 Å². The molecule has 2 heterocycles. The third-order valence-electron chi connectivity index (χ3n) is 3.85. The van der Waals surface area contributed by atoms with Gasteiger partial charge in [0.05, 0.1) is 12.2 Å². The third-order valence-corrected chi connectivity index (χ3v) is 5.03. The molecule has 1 aromatic rings.